The summed E-state index contributed by atoms with van der Waals surface area (Å²) >= 11 is 0. The van der Waals surface area contributed by atoms with Crippen molar-refractivity contribution in [3.05, 3.63) is 35.6 Å². The zero-order valence-corrected chi connectivity index (χ0v) is 14.4. The normalized spacial score (nSPS) is 24.0. The number of esters is 1. The van der Waals surface area contributed by atoms with Crippen molar-refractivity contribution in [3.8, 4) is 0 Å². The van der Waals surface area contributed by atoms with Gasteiger partial charge in [-0.15, -0.1) is 0 Å². The van der Waals surface area contributed by atoms with E-state index in [1.54, 1.807) is 12.1 Å². The lowest BCUT2D eigenvalue weighted by atomic mass is 10.0. The number of nitrogens with zero attached hydrogens (tertiary/aromatic N) is 2. The minimum Gasteiger partial charge on any atom is -0.468 e. The monoisotopic (exact) mass is 334 g/mol. The molecule has 0 spiro atoms. The maximum atomic E-state index is 13.2. The van der Waals surface area contributed by atoms with Crippen molar-refractivity contribution >= 4 is 5.97 Å². The second-order valence-electron chi connectivity index (χ2n) is 6.99. The molecule has 2 aliphatic heterocycles. The molecule has 0 unspecified atom stereocenters. The van der Waals surface area contributed by atoms with Crippen LogP contribution in [0.4, 0.5) is 4.39 Å². The number of hydrogen-bond donors (Lipinski definition) is 0. The Morgan fingerprint density at radius 2 is 1.92 bits per heavy atom. The van der Waals surface area contributed by atoms with Crippen LogP contribution >= 0.6 is 0 Å². The average Bonchev–Trinajstić information content (AvgIpc) is 3.05. The molecule has 2 atom stereocenters. The fourth-order valence-corrected chi connectivity index (χ4v) is 4.01. The Bertz CT molecular complexity index is 543. The van der Waals surface area contributed by atoms with Gasteiger partial charge in [-0.2, -0.15) is 0 Å². The van der Waals surface area contributed by atoms with E-state index in [-0.39, 0.29) is 11.8 Å². The molecule has 2 saturated heterocycles. The van der Waals surface area contributed by atoms with Crippen LogP contribution in [0.3, 0.4) is 0 Å². The maximum Gasteiger partial charge on any atom is 0.327 e. The van der Waals surface area contributed by atoms with Crippen LogP contribution < -0.4 is 0 Å². The molecular weight excluding hydrogens is 307 g/mol. The fraction of sp³-hybridized carbons (Fsp3) is 0.632. The van der Waals surface area contributed by atoms with Crippen molar-refractivity contribution in [3.63, 3.8) is 0 Å². The van der Waals surface area contributed by atoms with Crippen molar-refractivity contribution in [2.75, 3.05) is 39.8 Å². The Morgan fingerprint density at radius 3 is 2.58 bits per heavy atom. The molecule has 1 aromatic rings. The standard InChI is InChI=1S/C19H27FN2O2/c1-24-19(23)18(16-5-7-17(20)8-6-16)22-12-9-15(14-22)13-21-10-3-2-4-11-21/h5-8,15,18H,2-4,9-14H2,1H3/t15-,18+/m0/s1. The molecular formula is C19H27FN2O2. The summed E-state index contributed by atoms with van der Waals surface area (Å²) in [5.41, 5.74) is 0.807. The van der Waals surface area contributed by atoms with Crippen LogP contribution in [0.25, 0.3) is 0 Å². The third kappa shape index (κ3) is 4.14. The molecule has 0 saturated carbocycles. The second-order valence-corrected chi connectivity index (χ2v) is 6.99. The summed E-state index contributed by atoms with van der Waals surface area (Å²) in [5, 5.41) is 0. The minimum absolute atomic E-state index is 0.264. The number of carbonyl (C=O) groups excluding carboxylic acids is 1. The Kier molecular flexibility index (Phi) is 5.85. The Labute approximate surface area is 143 Å². The zero-order chi connectivity index (χ0) is 16.9. The fourth-order valence-electron chi connectivity index (χ4n) is 4.01. The van der Waals surface area contributed by atoms with Gasteiger partial charge in [0.1, 0.15) is 11.9 Å². The summed E-state index contributed by atoms with van der Waals surface area (Å²) in [6.45, 7) is 5.31. The van der Waals surface area contributed by atoms with Crippen molar-refractivity contribution in [1.82, 2.24) is 9.80 Å². The molecule has 5 heteroatoms. The van der Waals surface area contributed by atoms with Gasteiger partial charge in [0.15, 0.2) is 0 Å². The molecule has 2 aliphatic rings. The Morgan fingerprint density at radius 1 is 1.21 bits per heavy atom. The van der Waals surface area contributed by atoms with E-state index in [2.05, 4.69) is 9.80 Å². The van der Waals surface area contributed by atoms with E-state index in [1.807, 2.05) is 0 Å². The SMILES string of the molecule is COC(=O)[C@@H](c1ccc(F)cc1)N1CC[C@@H](CN2CCCCC2)C1. The van der Waals surface area contributed by atoms with E-state index >= 15 is 0 Å². The molecule has 0 amide bonds. The van der Waals surface area contributed by atoms with Gasteiger partial charge in [0.25, 0.3) is 0 Å². The van der Waals surface area contributed by atoms with Gasteiger partial charge in [-0.3, -0.25) is 4.90 Å². The summed E-state index contributed by atoms with van der Waals surface area (Å²) < 4.78 is 18.2. The molecule has 0 bridgehead atoms. The first-order valence-corrected chi connectivity index (χ1v) is 8.97. The summed E-state index contributed by atoms with van der Waals surface area (Å²) in [6.07, 6.45) is 5.06. The Balaban J connectivity index is 1.65. The highest BCUT2D eigenvalue weighted by Crippen LogP contribution is 2.29. The molecule has 0 aliphatic carbocycles. The molecule has 0 aromatic heterocycles. The van der Waals surface area contributed by atoms with Gasteiger partial charge in [-0.05, 0) is 62.5 Å². The number of hydrogen-bond acceptors (Lipinski definition) is 4. The highest BCUT2D eigenvalue weighted by Gasteiger charge is 2.34. The highest BCUT2D eigenvalue weighted by molar-refractivity contribution is 5.77. The average molecular weight is 334 g/mol. The molecule has 132 valence electrons. The number of ether oxygens (including phenoxy) is 1. The summed E-state index contributed by atoms with van der Waals surface area (Å²) in [7, 11) is 1.42. The lowest BCUT2D eigenvalue weighted by molar-refractivity contribution is -0.147. The Hall–Kier alpha value is -1.46. The summed E-state index contributed by atoms with van der Waals surface area (Å²) in [4.78, 5) is 17.1. The molecule has 2 heterocycles. The van der Waals surface area contributed by atoms with Crippen LogP contribution in [0, 0.1) is 11.7 Å². The summed E-state index contributed by atoms with van der Waals surface area (Å²) in [6, 6.07) is 5.77. The zero-order valence-electron chi connectivity index (χ0n) is 14.4. The first-order chi connectivity index (χ1) is 11.7. The molecule has 3 rings (SSSR count). The largest absolute Gasteiger partial charge is 0.468 e. The van der Waals surface area contributed by atoms with Crippen LogP contribution in [0.5, 0.6) is 0 Å². The van der Waals surface area contributed by atoms with Gasteiger partial charge in [0.05, 0.1) is 7.11 Å². The predicted molar refractivity (Wildman–Crippen MR) is 91.1 cm³/mol. The predicted octanol–water partition coefficient (Wildman–Crippen LogP) is 2.85. The lowest BCUT2D eigenvalue weighted by Crippen LogP contribution is -2.37. The van der Waals surface area contributed by atoms with Gasteiger partial charge < -0.3 is 9.64 Å². The maximum absolute atomic E-state index is 13.2. The van der Waals surface area contributed by atoms with E-state index in [4.69, 9.17) is 4.74 Å². The van der Waals surface area contributed by atoms with E-state index in [1.165, 1.54) is 51.6 Å². The van der Waals surface area contributed by atoms with E-state index in [0.717, 1.165) is 31.6 Å². The van der Waals surface area contributed by atoms with Crippen molar-refractivity contribution in [1.29, 1.82) is 0 Å². The number of rotatable bonds is 5. The first kappa shape index (κ1) is 17.4. The van der Waals surface area contributed by atoms with E-state index in [0.29, 0.717) is 5.92 Å². The van der Waals surface area contributed by atoms with Gasteiger partial charge in [0.2, 0.25) is 0 Å². The van der Waals surface area contributed by atoms with Crippen molar-refractivity contribution < 1.29 is 13.9 Å². The molecule has 4 nitrogen and oxygen atoms in total. The van der Waals surface area contributed by atoms with Crippen LogP contribution in [0.2, 0.25) is 0 Å². The third-order valence-corrected chi connectivity index (χ3v) is 5.26. The number of benzene rings is 1. The van der Waals surface area contributed by atoms with Gasteiger partial charge in [-0.1, -0.05) is 18.6 Å². The number of likely N-dealkylation sites (tertiary alicyclic amines) is 2. The number of piperidine rings is 1. The van der Waals surface area contributed by atoms with Crippen molar-refractivity contribution in [2.45, 2.75) is 31.7 Å². The first-order valence-electron chi connectivity index (χ1n) is 8.97. The minimum atomic E-state index is -0.429. The van der Waals surface area contributed by atoms with E-state index < -0.39 is 6.04 Å². The molecule has 1 aromatic carbocycles. The van der Waals surface area contributed by atoms with Crippen LogP contribution in [-0.2, 0) is 9.53 Å². The smallest absolute Gasteiger partial charge is 0.327 e. The van der Waals surface area contributed by atoms with Gasteiger partial charge >= 0.3 is 5.97 Å². The molecule has 0 N–H and O–H groups in total. The van der Waals surface area contributed by atoms with Crippen LogP contribution in [-0.4, -0.2) is 55.6 Å². The second kappa shape index (κ2) is 8.08. The highest BCUT2D eigenvalue weighted by atomic mass is 19.1. The third-order valence-electron chi connectivity index (χ3n) is 5.26. The lowest BCUT2D eigenvalue weighted by Gasteiger charge is -2.30. The van der Waals surface area contributed by atoms with E-state index in [9.17, 15) is 9.18 Å². The van der Waals surface area contributed by atoms with Crippen LogP contribution in [0.15, 0.2) is 24.3 Å². The summed E-state index contributed by atoms with van der Waals surface area (Å²) in [5.74, 6) is 0.0442. The number of halogens is 1. The van der Waals surface area contributed by atoms with Crippen LogP contribution in [0.1, 0.15) is 37.3 Å². The number of carbonyl (C=O) groups is 1. The molecule has 0 radical (unpaired) electrons. The van der Waals surface area contributed by atoms with Gasteiger partial charge in [-0.25, -0.2) is 9.18 Å². The molecule has 24 heavy (non-hydrogen) atoms. The van der Waals surface area contributed by atoms with Crippen molar-refractivity contribution in [2.24, 2.45) is 5.92 Å². The molecule has 2 fully saturated rings. The topological polar surface area (TPSA) is 32.8 Å². The number of methoxy groups -OCH3 is 1. The van der Waals surface area contributed by atoms with Gasteiger partial charge in [0, 0.05) is 13.1 Å². The quantitative estimate of drug-likeness (QED) is 0.775.